The number of carboxylic acid groups (broad SMARTS) is 1. The first-order chi connectivity index (χ1) is 9.60. The molecule has 104 valence electrons. The molecule has 0 radical (unpaired) electrons. The number of carboxylic acids is 1. The Kier molecular flexibility index (Phi) is 4.41. The molecule has 3 nitrogen and oxygen atoms in total. The van der Waals surface area contributed by atoms with Gasteiger partial charge >= 0.3 is 5.97 Å². The number of aryl methyl sites for hydroxylation is 1. The first-order valence-corrected chi connectivity index (χ1v) is 6.76. The van der Waals surface area contributed by atoms with Crippen molar-refractivity contribution < 1.29 is 9.90 Å². The van der Waals surface area contributed by atoms with Crippen molar-refractivity contribution in [3.8, 4) is 0 Å². The van der Waals surface area contributed by atoms with Crippen molar-refractivity contribution in [1.29, 1.82) is 0 Å². The second kappa shape index (κ2) is 6.24. The molecular weight excluding hydrogens is 250 g/mol. The predicted molar refractivity (Wildman–Crippen MR) is 80.8 cm³/mol. The molecule has 0 aromatic heterocycles. The first-order valence-electron chi connectivity index (χ1n) is 6.76. The van der Waals surface area contributed by atoms with E-state index in [0.717, 1.165) is 17.5 Å². The van der Waals surface area contributed by atoms with Crippen LogP contribution in [0.2, 0.25) is 0 Å². The van der Waals surface area contributed by atoms with Gasteiger partial charge in [-0.2, -0.15) is 0 Å². The van der Waals surface area contributed by atoms with E-state index in [1.165, 1.54) is 5.56 Å². The van der Waals surface area contributed by atoms with Crippen LogP contribution in [0.5, 0.6) is 0 Å². The second-order valence-corrected chi connectivity index (χ2v) is 4.93. The van der Waals surface area contributed by atoms with Crippen LogP contribution in [0, 0.1) is 0 Å². The van der Waals surface area contributed by atoms with Crippen LogP contribution in [0.25, 0.3) is 0 Å². The van der Waals surface area contributed by atoms with Gasteiger partial charge in [-0.15, -0.1) is 0 Å². The number of hydrogen-bond donors (Lipinski definition) is 2. The number of anilines is 1. The van der Waals surface area contributed by atoms with Gasteiger partial charge in [0.15, 0.2) is 0 Å². The Morgan fingerprint density at radius 2 is 1.60 bits per heavy atom. The van der Waals surface area contributed by atoms with E-state index in [1.54, 1.807) is 24.3 Å². The van der Waals surface area contributed by atoms with E-state index in [-0.39, 0.29) is 0 Å². The summed E-state index contributed by atoms with van der Waals surface area (Å²) in [5.74, 6) is -1.35. The van der Waals surface area contributed by atoms with Crippen molar-refractivity contribution in [3.05, 3.63) is 65.2 Å². The van der Waals surface area contributed by atoms with Crippen molar-refractivity contribution >= 4 is 11.7 Å². The van der Waals surface area contributed by atoms with Crippen molar-refractivity contribution in [3.63, 3.8) is 0 Å². The zero-order valence-electron chi connectivity index (χ0n) is 11.5. The van der Waals surface area contributed by atoms with E-state index in [0.29, 0.717) is 12.1 Å². The highest BCUT2D eigenvalue weighted by molar-refractivity contribution is 5.76. The predicted octanol–water partition coefficient (Wildman–Crippen LogP) is 3.24. The van der Waals surface area contributed by atoms with Crippen molar-refractivity contribution in [2.24, 2.45) is 0 Å². The third kappa shape index (κ3) is 3.38. The molecule has 1 atom stereocenters. The Labute approximate surface area is 119 Å². The summed E-state index contributed by atoms with van der Waals surface area (Å²) in [6, 6.07) is 15.2. The van der Waals surface area contributed by atoms with Crippen LogP contribution in [-0.4, -0.2) is 11.1 Å². The van der Waals surface area contributed by atoms with Gasteiger partial charge in [0.2, 0.25) is 0 Å². The lowest BCUT2D eigenvalue weighted by Crippen LogP contribution is -2.14. The van der Waals surface area contributed by atoms with Crippen molar-refractivity contribution in [2.45, 2.75) is 25.7 Å². The van der Waals surface area contributed by atoms with Crippen molar-refractivity contribution in [1.82, 2.24) is 0 Å². The number of nitrogens with two attached hydrogens (primary N) is 1. The van der Waals surface area contributed by atoms with Gasteiger partial charge in [0.1, 0.15) is 0 Å². The molecule has 0 fully saturated rings. The largest absolute Gasteiger partial charge is 0.481 e. The highest BCUT2D eigenvalue weighted by Gasteiger charge is 2.20. The van der Waals surface area contributed by atoms with Gasteiger partial charge in [0.05, 0.1) is 5.92 Å². The highest BCUT2D eigenvalue weighted by atomic mass is 16.4. The molecule has 3 heteroatoms. The van der Waals surface area contributed by atoms with E-state index in [4.69, 9.17) is 5.73 Å². The Hall–Kier alpha value is -2.29. The zero-order valence-corrected chi connectivity index (χ0v) is 11.5. The second-order valence-electron chi connectivity index (χ2n) is 4.93. The summed E-state index contributed by atoms with van der Waals surface area (Å²) in [6.45, 7) is 2.10. The summed E-state index contributed by atoms with van der Waals surface area (Å²) in [6.07, 6.45) is 1.48. The molecule has 0 aliphatic carbocycles. The smallest absolute Gasteiger partial charge is 0.311 e. The summed E-state index contributed by atoms with van der Waals surface area (Å²) in [4.78, 5) is 11.5. The van der Waals surface area contributed by atoms with Crippen LogP contribution in [0.15, 0.2) is 48.5 Å². The van der Waals surface area contributed by atoms with Crippen molar-refractivity contribution in [2.75, 3.05) is 5.73 Å². The minimum atomic E-state index is -0.811. The molecule has 0 saturated carbocycles. The van der Waals surface area contributed by atoms with Gasteiger partial charge < -0.3 is 10.8 Å². The fourth-order valence-electron chi connectivity index (χ4n) is 2.22. The van der Waals surface area contributed by atoms with Crippen LogP contribution in [0.3, 0.4) is 0 Å². The molecule has 0 aliphatic heterocycles. The Morgan fingerprint density at radius 1 is 1.05 bits per heavy atom. The van der Waals surface area contributed by atoms with E-state index in [9.17, 15) is 9.90 Å². The molecule has 3 N–H and O–H groups in total. The molecule has 2 aromatic rings. The van der Waals surface area contributed by atoms with Gasteiger partial charge in [0, 0.05) is 5.69 Å². The molecule has 0 aliphatic rings. The number of hydrogen-bond acceptors (Lipinski definition) is 2. The number of rotatable bonds is 5. The SMILES string of the molecule is CCc1ccc(CC(C(=O)O)c2ccc(N)cc2)cc1. The Balaban J connectivity index is 2.20. The maximum atomic E-state index is 11.5. The lowest BCUT2D eigenvalue weighted by molar-refractivity contribution is -0.138. The van der Waals surface area contributed by atoms with Gasteiger partial charge in [0.25, 0.3) is 0 Å². The molecule has 0 bridgehead atoms. The van der Waals surface area contributed by atoms with Gasteiger partial charge in [-0.3, -0.25) is 4.79 Å². The normalized spacial score (nSPS) is 12.1. The summed E-state index contributed by atoms with van der Waals surface area (Å²) in [7, 11) is 0. The zero-order chi connectivity index (χ0) is 14.5. The molecule has 2 rings (SSSR count). The standard InChI is InChI=1S/C17H19NO2/c1-2-12-3-5-13(6-4-12)11-16(17(19)20)14-7-9-15(18)10-8-14/h3-10,16H,2,11,18H2,1H3,(H,19,20). The van der Waals surface area contributed by atoms with Gasteiger partial charge in [-0.05, 0) is 41.7 Å². The van der Waals surface area contributed by atoms with Crippen LogP contribution in [-0.2, 0) is 17.6 Å². The van der Waals surface area contributed by atoms with E-state index >= 15 is 0 Å². The number of benzene rings is 2. The van der Waals surface area contributed by atoms with Crippen LogP contribution < -0.4 is 5.73 Å². The molecule has 2 aromatic carbocycles. The third-order valence-corrected chi connectivity index (χ3v) is 3.51. The highest BCUT2D eigenvalue weighted by Crippen LogP contribution is 2.22. The molecule has 1 unspecified atom stereocenters. The molecule has 0 saturated heterocycles. The topological polar surface area (TPSA) is 63.3 Å². The van der Waals surface area contributed by atoms with Crippen LogP contribution >= 0.6 is 0 Å². The first kappa shape index (κ1) is 14.1. The van der Waals surface area contributed by atoms with Crippen LogP contribution in [0.1, 0.15) is 29.5 Å². The summed E-state index contributed by atoms with van der Waals surface area (Å²) in [5, 5.41) is 9.43. The fourth-order valence-corrected chi connectivity index (χ4v) is 2.22. The minimum Gasteiger partial charge on any atom is -0.481 e. The quantitative estimate of drug-likeness (QED) is 0.819. The molecule has 0 spiro atoms. The molecule has 0 amide bonds. The lowest BCUT2D eigenvalue weighted by Gasteiger charge is -2.13. The fraction of sp³-hybridized carbons (Fsp3) is 0.235. The summed E-state index contributed by atoms with van der Waals surface area (Å²) < 4.78 is 0. The molecule has 20 heavy (non-hydrogen) atoms. The van der Waals surface area contributed by atoms with Crippen LogP contribution in [0.4, 0.5) is 5.69 Å². The third-order valence-electron chi connectivity index (χ3n) is 3.51. The molecule has 0 heterocycles. The number of carbonyl (C=O) groups is 1. The number of aliphatic carboxylic acids is 1. The van der Waals surface area contributed by atoms with E-state index in [1.807, 2.05) is 12.1 Å². The minimum absolute atomic E-state index is 0.489. The maximum Gasteiger partial charge on any atom is 0.311 e. The van der Waals surface area contributed by atoms with E-state index < -0.39 is 11.9 Å². The summed E-state index contributed by atoms with van der Waals surface area (Å²) >= 11 is 0. The Bertz CT molecular complexity index is 573. The monoisotopic (exact) mass is 269 g/mol. The Morgan fingerprint density at radius 3 is 2.10 bits per heavy atom. The lowest BCUT2D eigenvalue weighted by atomic mass is 9.91. The van der Waals surface area contributed by atoms with Gasteiger partial charge in [-0.25, -0.2) is 0 Å². The average Bonchev–Trinajstić information content (AvgIpc) is 2.46. The van der Waals surface area contributed by atoms with Gasteiger partial charge in [-0.1, -0.05) is 43.3 Å². The van der Waals surface area contributed by atoms with E-state index in [2.05, 4.69) is 19.1 Å². The maximum absolute atomic E-state index is 11.5. The molecular formula is C17H19NO2. The summed E-state index contributed by atoms with van der Waals surface area (Å²) in [5.41, 5.74) is 9.36. The average molecular weight is 269 g/mol. The number of nitrogen functional groups attached to an aromatic ring is 1.